The van der Waals surface area contributed by atoms with Crippen molar-refractivity contribution in [2.45, 2.75) is 56.1 Å². The van der Waals surface area contributed by atoms with E-state index in [1.807, 2.05) is 36.4 Å². The first kappa shape index (κ1) is 22.0. The van der Waals surface area contributed by atoms with Gasteiger partial charge in [-0.1, -0.05) is 43.5 Å². The molecule has 182 valence electrons. The molecule has 3 aliphatic rings. The van der Waals surface area contributed by atoms with Crippen molar-refractivity contribution in [1.82, 2.24) is 15.2 Å². The lowest BCUT2D eigenvalue weighted by atomic mass is 9.79. The molecule has 0 bridgehead atoms. The number of aromatic amines is 1. The lowest BCUT2D eigenvalue weighted by Crippen LogP contribution is -2.61. The Labute approximate surface area is 203 Å². The highest BCUT2D eigenvalue weighted by Gasteiger charge is 2.47. The number of ether oxygens (including phenoxy) is 2. The van der Waals surface area contributed by atoms with Crippen LogP contribution in [-0.2, 0) is 16.0 Å². The van der Waals surface area contributed by atoms with Gasteiger partial charge in [0.2, 0.25) is 12.7 Å². The molecule has 8 heteroatoms. The summed E-state index contributed by atoms with van der Waals surface area (Å²) in [5, 5.41) is 14.8. The minimum Gasteiger partial charge on any atom is -0.479 e. The standard InChI is InChI=1S/C27H29N3O5/c1-30(27(26(32)33)11-5-2-6-12-27)25(31)20-14-18-17-7-3-4-8-19(17)28-24(18)23(29-20)16-9-10-21-22(13-16)35-15-34-21/h3-4,7-10,13,20,23,28-29H,2,5-6,11-12,14-15H2,1H3,(H,32,33)/t20-,23-/m1/s1. The van der Waals surface area contributed by atoms with Crippen LogP contribution in [0.25, 0.3) is 10.9 Å². The Kier molecular flexibility index (Phi) is 5.21. The fourth-order valence-corrected chi connectivity index (χ4v) is 6.02. The molecule has 1 aromatic heterocycles. The van der Waals surface area contributed by atoms with Gasteiger partial charge in [-0.15, -0.1) is 0 Å². The zero-order valence-electron chi connectivity index (χ0n) is 19.7. The Bertz CT molecular complexity index is 1310. The van der Waals surface area contributed by atoms with Gasteiger partial charge in [-0.3, -0.25) is 10.1 Å². The number of carbonyl (C=O) groups is 2. The molecule has 8 nitrogen and oxygen atoms in total. The van der Waals surface area contributed by atoms with E-state index in [2.05, 4.69) is 16.4 Å². The zero-order valence-corrected chi connectivity index (χ0v) is 19.7. The van der Waals surface area contributed by atoms with Gasteiger partial charge >= 0.3 is 5.97 Å². The third-order valence-corrected chi connectivity index (χ3v) is 7.99. The highest BCUT2D eigenvalue weighted by Crippen LogP contribution is 2.40. The Morgan fingerprint density at radius 1 is 1.06 bits per heavy atom. The molecule has 3 heterocycles. The Hall–Kier alpha value is -3.52. The molecule has 1 saturated carbocycles. The van der Waals surface area contributed by atoms with E-state index in [0.29, 0.717) is 30.8 Å². The summed E-state index contributed by atoms with van der Waals surface area (Å²) in [6.45, 7) is 0.192. The van der Waals surface area contributed by atoms with Crippen LogP contribution in [0.5, 0.6) is 11.5 Å². The molecule has 0 saturated heterocycles. The van der Waals surface area contributed by atoms with Crippen molar-refractivity contribution < 1.29 is 24.2 Å². The quantitative estimate of drug-likeness (QED) is 0.531. The van der Waals surface area contributed by atoms with Crippen molar-refractivity contribution in [2.24, 2.45) is 0 Å². The van der Waals surface area contributed by atoms with Gasteiger partial charge in [0.15, 0.2) is 11.5 Å². The van der Waals surface area contributed by atoms with E-state index in [1.54, 1.807) is 7.05 Å². The number of carbonyl (C=O) groups excluding carboxylic acids is 1. The first-order valence-electron chi connectivity index (χ1n) is 12.2. The van der Waals surface area contributed by atoms with Crippen LogP contribution in [-0.4, -0.2) is 52.3 Å². The summed E-state index contributed by atoms with van der Waals surface area (Å²) in [6, 6.07) is 13.1. The molecule has 3 N–H and O–H groups in total. The molecule has 0 unspecified atom stereocenters. The van der Waals surface area contributed by atoms with Crippen molar-refractivity contribution in [3.05, 3.63) is 59.3 Å². The average molecular weight is 476 g/mol. The number of aliphatic carboxylic acids is 1. The fourth-order valence-electron chi connectivity index (χ4n) is 6.02. The zero-order chi connectivity index (χ0) is 24.2. The van der Waals surface area contributed by atoms with Gasteiger partial charge in [0, 0.05) is 23.6 Å². The van der Waals surface area contributed by atoms with E-state index >= 15 is 0 Å². The predicted molar refractivity (Wildman–Crippen MR) is 130 cm³/mol. The van der Waals surface area contributed by atoms with Crippen molar-refractivity contribution in [3.8, 4) is 11.5 Å². The molecule has 1 amide bonds. The maximum Gasteiger partial charge on any atom is 0.329 e. The fraction of sp³-hybridized carbons (Fsp3) is 0.407. The molecule has 1 aliphatic carbocycles. The molecule has 1 fully saturated rings. The highest BCUT2D eigenvalue weighted by molar-refractivity contribution is 5.92. The highest BCUT2D eigenvalue weighted by atomic mass is 16.7. The third-order valence-electron chi connectivity index (χ3n) is 7.99. The molecule has 6 rings (SSSR count). The molecule has 2 aromatic carbocycles. The Morgan fingerprint density at radius 3 is 2.63 bits per heavy atom. The van der Waals surface area contributed by atoms with Gasteiger partial charge < -0.3 is 24.5 Å². The SMILES string of the molecule is CN(C(=O)[C@H]1Cc2c([nH]c3ccccc23)[C@@H](c2ccc3c(c2)OCO3)N1)C1(C(=O)O)CCCCC1. The number of likely N-dealkylation sites (N-methyl/N-ethyl adjacent to an activating group) is 1. The summed E-state index contributed by atoms with van der Waals surface area (Å²) in [5.41, 5.74) is 2.92. The molecule has 2 aliphatic heterocycles. The molecule has 0 radical (unpaired) electrons. The summed E-state index contributed by atoms with van der Waals surface area (Å²) >= 11 is 0. The first-order valence-corrected chi connectivity index (χ1v) is 12.2. The van der Waals surface area contributed by atoms with Crippen LogP contribution in [0.1, 0.15) is 55.0 Å². The van der Waals surface area contributed by atoms with Crippen molar-refractivity contribution in [3.63, 3.8) is 0 Å². The largest absolute Gasteiger partial charge is 0.479 e. The smallest absolute Gasteiger partial charge is 0.329 e. The van der Waals surface area contributed by atoms with Gasteiger partial charge in [-0.2, -0.15) is 0 Å². The summed E-state index contributed by atoms with van der Waals surface area (Å²) < 4.78 is 11.1. The van der Waals surface area contributed by atoms with Crippen LogP contribution in [0.4, 0.5) is 0 Å². The number of hydrogen-bond donors (Lipinski definition) is 3. The van der Waals surface area contributed by atoms with Crippen molar-refractivity contribution >= 4 is 22.8 Å². The molecule has 3 aromatic rings. The lowest BCUT2D eigenvalue weighted by molar-refractivity contribution is -0.161. The number of carboxylic acids is 1. The number of rotatable bonds is 4. The van der Waals surface area contributed by atoms with Crippen molar-refractivity contribution in [1.29, 1.82) is 0 Å². The minimum atomic E-state index is -1.15. The van der Waals surface area contributed by atoms with E-state index in [-0.39, 0.29) is 18.7 Å². The number of nitrogens with zero attached hydrogens (tertiary/aromatic N) is 1. The minimum absolute atomic E-state index is 0.184. The summed E-state index contributed by atoms with van der Waals surface area (Å²) in [7, 11) is 1.66. The lowest BCUT2D eigenvalue weighted by Gasteiger charge is -2.43. The normalized spacial score (nSPS) is 22.5. The third kappa shape index (κ3) is 3.46. The molecule has 0 spiro atoms. The Morgan fingerprint density at radius 2 is 1.83 bits per heavy atom. The first-order chi connectivity index (χ1) is 17.0. The van der Waals surface area contributed by atoms with Crippen LogP contribution in [0.2, 0.25) is 0 Å². The van der Waals surface area contributed by atoms with E-state index in [9.17, 15) is 14.7 Å². The van der Waals surface area contributed by atoms with Crippen LogP contribution >= 0.6 is 0 Å². The van der Waals surface area contributed by atoms with Crippen LogP contribution in [0.15, 0.2) is 42.5 Å². The van der Waals surface area contributed by atoms with E-state index in [4.69, 9.17) is 9.47 Å². The van der Waals surface area contributed by atoms with Crippen LogP contribution in [0, 0.1) is 0 Å². The number of amides is 1. The average Bonchev–Trinajstić information content (AvgIpc) is 3.51. The second-order valence-corrected chi connectivity index (χ2v) is 9.83. The van der Waals surface area contributed by atoms with Crippen LogP contribution in [0.3, 0.4) is 0 Å². The topological polar surface area (TPSA) is 104 Å². The number of benzene rings is 2. The molecular formula is C27H29N3O5. The van der Waals surface area contributed by atoms with Gasteiger partial charge in [0.05, 0.1) is 12.1 Å². The van der Waals surface area contributed by atoms with E-state index in [0.717, 1.165) is 47.0 Å². The maximum absolute atomic E-state index is 13.9. The summed E-state index contributed by atoms with van der Waals surface area (Å²) in [5.74, 6) is 0.286. The van der Waals surface area contributed by atoms with Gasteiger partial charge in [0.25, 0.3) is 0 Å². The second-order valence-electron chi connectivity index (χ2n) is 9.83. The van der Waals surface area contributed by atoms with E-state index in [1.165, 1.54) is 4.90 Å². The second kappa shape index (κ2) is 8.30. The van der Waals surface area contributed by atoms with E-state index < -0.39 is 17.6 Å². The summed E-state index contributed by atoms with van der Waals surface area (Å²) in [4.78, 5) is 31.3. The number of para-hydroxylation sites is 1. The van der Waals surface area contributed by atoms with Gasteiger partial charge in [-0.25, -0.2) is 4.79 Å². The number of hydrogen-bond acceptors (Lipinski definition) is 5. The monoisotopic (exact) mass is 475 g/mol. The number of fused-ring (bicyclic) bond motifs is 4. The van der Waals surface area contributed by atoms with Gasteiger partial charge in [-0.05, 0) is 48.6 Å². The predicted octanol–water partition coefficient (Wildman–Crippen LogP) is 3.75. The summed E-state index contributed by atoms with van der Waals surface area (Å²) in [6.07, 6.45) is 4.09. The Balaban J connectivity index is 1.40. The number of carboxylic acid groups (broad SMARTS) is 1. The number of H-pyrrole nitrogens is 1. The van der Waals surface area contributed by atoms with Gasteiger partial charge in [0.1, 0.15) is 5.54 Å². The number of nitrogens with one attached hydrogen (secondary N) is 2. The molecular weight excluding hydrogens is 446 g/mol. The maximum atomic E-state index is 13.9. The van der Waals surface area contributed by atoms with Crippen LogP contribution < -0.4 is 14.8 Å². The number of aromatic nitrogens is 1. The van der Waals surface area contributed by atoms with Crippen molar-refractivity contribution in [2.75, 3.05) is 13.8 Å². The molecule has 2 atom stereocenters. The molecule has 35 heavy (non-hydrogen) atoms.